The molecular weight excluding hydrogens is 342 g/mol. The molecule has 1 fully saturated rings. The third-order valence-corrected chi connectivity index (χ3v) is 4.62. The van der Waals surface area contributed by atoms with Crippen molar-refractivity contribution in [1.29, 1.82) is 0 Å². The molecule has 2 amide bonds. The number of hydrogen-bond acceptors (Lipinski definition) is 4. The lowest BCUT2D eigenvalue weighted by molar-refractivity contribution is 0.143. The van der Waals surface area contributed by atoms with Crippen molar-refractivity contribution in [2.45, 2.75) is 13.5 Å². The molecule has 1 N–H and O–H groups in total. The van der Waals surface area contributed by atoms with Gasteiger partial charge in [0.05, 0.1) is 13.7 Å². The van der Waals surface area contributed by atoms with Gasteiger partial charge in [0.15, 0.2) is 0 Å². The van der Waals surface area contributed by atoms with Crippen molar-refractivity contribution in [2.75, 3.05) is 45.2 Å². The maximum absolute atomic E-state index is 12.5. The lowest BCUT2D eigenvalue weighted by Crippen LogP contribution is -2.49. The maximum Gasteiger partial charge on any atom is 0.321 e. The first-order chi connectivity index (χ1) is 13.2. The van der Waals surface area contributed by atoms with Crippen molar-refractivity contribution < 1.29 is 14.3 Å². The van der Waals surface area contributed by atoms with Crippen molar-refractivity contribution in [3.8, 4) is 11.5 Å². The zero-order valence-corrected chi connectivity index (χ0v) is 16.0. The number of anilines is 1. The Hall–Kier alpha value is -2.73. The fourth-order valence-corrected chi connectivity index (χ4v) is 3.13. The molecule has 2 aromatic carbocycles. The van der Waals surface area contributed by atoms with E-state index >= 15 is 0 Å². The molecule has 0 unspecified atom stereocenters. The molecule has 0 radical (unpaired) electrons. The van der Waals surface area contributed by atoms with Crippen molar-refractivity contribution in [2.24, 2.45) is 0 Å². The van der Waals surface area contributed by atoms with Crippen LogP contribution in [0.4, 0.5) is 10.5 Å². The number of methoxy groups -OCH3 is 1. The van der Waals surface area contributed by atoms with Crippen LogP contribution in [0.2, 0.25) is 0 Å². The second-order valence-electron chi connectivity index (χ2n) is 6.50. The SMILES string of the molecule is CCOc1ccc(CN2CCN(C(=O)Nc3cccc(OC)c3)CC2)cc1. The standard InChI is InChI=1S/C21H27N3O3/c1-3-27-19-9-7-17(8-10-19)16-23-11-13-24(14-12-23)21(25)22-18-5-4-6-20(15-18)26-2/h4-10,15H,3,11-14,16H2,1-2H3,(H,22,25). The summed E-state index contributed by atoms with van der Waals surface area (Å²) in [7, 11) is 1.62. The number of urea groups is 1. The normalized spacial score (nSPS) is 14.7. The summed E-state index contributed by atoms with van der Waals surface area (Å²) in [6, 6.07) is 15.6. The number of ether oxygens (including phenoxy) is 2. The Morgan fingerprint density at radius 2 is 1.78 bits per heavy atom. The van der Waals surface area contributed by atoms with Crippen LogP contribution in [0.1, 0.15) is 12.5 Å². The van der Waals surface area contributed by atoms with Crippen molar-refractivity contribution in [3.05, 3.63) is 54.1 Å². The number of carbonyl (C=O) groups excluding carboxylic acids is 1. The smallest absolute Gasteiger partial charge is 0.321 e. The van der Waals surface area contributed by atoms with Gasteiger partial charge in [0, 0.05) is 44.5 Å². The van der Waals surface area contributed by atoms with Crippen molar-refractivity contribution in [3.63, 3.8) is 0 Å². The third-order valence-electron chi connectivity index (χ3n) is 4.62. The highest BCUT2D eigenvalue weighted by Gasteiger charge is 2.21. The zero-order valence-electron chi connectivity index (χ0n) is 16.0. The van der Waals surface area contributed by atoms with Crippen LogP contribution in [0.25, 0.3) is 0 Å². The van der Waals surface area contributed by atoms with Crippen molar-refractivity contribution in [1.82, 2.24) is 9.80 Å². The predicted molar refractivity (Wildman–Crippen MR) is 106 cm³/mol. The summed E-state index contributed by atoms with van der Waals surface area (Å²) in [4.78, 5) is 16.7. The predicted octanol–water partition coefficient (Wildman–Crippen LogP) is 3.44. The number of carbonyl (C=O) groups is 1. The van der Waals surface area contributed by atoms with Gasteiger partial charge < -0.3 is 19.7 Å². The molecule has 6 heteroatoms. The first-order valence-electron chi connectivity index (χ1n) is 9.32. The average molecular weight is 369 g/mol. The number of nitrogens with one attached hydrogen (secondary N) is 1. The lowest BCUT2D eigenvalue weighted by Gasteiger charge is -2.34. The first kappa shape index (κ1) is 19.0. The Balaban J connectivity index is 1.47. The highest BCUT2D eigenvalue weighted by molar-refractivity contribution is 5.89. The minimum atomic E-state index is -0.0658. The average Bonchev–Trinajstić information content (AvgIpc) is 2.70. The highest BCUT2D eigenvalue weighted by Crippen LogP contribution is 2.18. The zero-order chi connectivity index (χ0) is 19.1. The van der Waals surface area contributed by atoms with E-state index in [1.807, 2.05) is 48.2 Å². The summed E-state index contributed by atoms with van der Waals surface area (Å²) in [6.07, 6.45) is 0. The molecule has 0 bridgehead atoms. The minimum absolute atomic E-state index is 0.0658. The molecule has 0 atom stereocenters. The third kappa shape index (κ3) is 5.37. The van der Waals surface area contributed by atoms with Gasteiger partial charge in [0.25, 0.3) is 0 Å². The Morgan fingerprint density at radius 1 is 1.04 bits per heavy atom. The largest absolute Gasteiger partial charge is 0.497 e. The topological polar surface area (TPSA) is 54.0 Å². The van der Waals surface area contributed by atoms with Crippen molar-refractivity contribution >= 4 is 11.7 Å². The second kappa shape index (κ2) is 9.28. The number of nitrogens with zero attached hydrogens (tertiary/aromatic N) is 2. The van der Waals surface area contributed by atoms with E-state index in [9.17, 15) is 4.79 Å². The lowest BCUT2D eigenvalue weighted by atomic mass is 10.2. The van der Waals surface area contributed by atoms with Gasteiger partial charge in [-0.1, -0.05) is 18.2 Å². The number of benzene rings is 2. The van der Waals surface area contributed by atoms with Gasteiger partial charge in [-0.2, -0.15) is 0 Å². The number of piperazine rings is 1. The molecule has 1 aliphatic heterocycles. The van der Waals surface area contributed by atoms with Crippen LogP contribution >= 0.6 is 0 Å². The molecule has 1 aliphatic rings. The monoisotopic (exact) mass is 369 g/mol. The Labute approximate surface area is 160 Å². The summed E-state index contributed by atoms with van der Waals surface area (Å²) in [6.45, 7) is 6.70. The molecule has 27 heavy (non-hydrogen) atoms. The van der Waals surface area contributed by atoms with Crippen LogP contribution in [0.5, 0.6) is 11.5 Å². The van der Waals surface area contributed by atoms with E-state index in [1.54, 1.807) is 7.11 Å². The van der Waals surface area contributed by atoms with Crippen LogP contribution < -0.4 is 14.8 Å². The fraction of sp³-hybridized carbons (Fsp3) is 0.381. The highest BCUT2D eigenvalue weighted by atomic mass is 16.5. The molecule has 2 aromatic rings. The van der Waals surface area contributed by atoms with E-state index < -0.39 is 0 Å². The van der Waals surface area contributed by atoms with Crippen LogP contribution in [0.15, 0.2) is 48.5 Å². The summed E-state index contributed by atoms with van der Waals surface area (Å²) < 4.78 is 10.7. The van der Waals surface area contributed by atoms with E-state index in [0.29, 0.717) is 19.7 Å². The quantitative estimate of drug-likeness (QED) is 0.847. The summed E-state index contributed by atoms with van der Waals surface area (Å²) in [5.74, 6) is 1.63. The Bertz CT molecular complexity index is 741. The van der Waals surface area contributed by atoms with E-state index in [4.69, 9.17) is 9.47 Å². The molecule has 0 aromatic heterocycles. The molecule has 0 saturated carbocycles. The number of hydrogen-bond donors (Lipinski definition) is 1. The summed E-state index contributed by atoms with van der Waals surface area (Å²) >= 11 is 0. The number of rotatable bonds is 6. The summed E-state index contributed by atoms with van der Waals surface area (Å²) in [5.41, 5.74) is 2.00. The van der Waals surface area contributed by atoms with Gasteiger partial charge >= 0.3 is 6.03 Å². The van der Waals surface area contributed by atoms with Gasteiger partial charge in [0.1, 0.15) is 11.5 Å². The van der Waals surface area contributed by atoms with Gasteiger partial charge in [-0.3, -0.25) is 4.90 Å². The second-order valence-corrected chi connectivity index (χ2v) is 6.50. The van der Waals surface area contributed by atoms with Crippen LogP contribution in [0, 0.1) is 0 Å². The Morgan fingerprint density at radius 3 is 2.44 bits per heavy atom. The van der Waals surface area contributed by atoms with Gasteiger partial charge in [-0.15, -0.1) is 0 Å². The molecule has 0 spiro atoms. The van der Waals surface area contributed by atoms with Crippen LogP contribution in [-0.4, -0.2) is 55.7 Å². The number of amides is 2. The molecule has 3 rings (SSSR count). The molecule has 144 valence electrons. The molecule has 1 heterocycles. The molecular formula is C21H27N3O3. The van der Waals surface area contributed by atoms with Gasteiger partial charge in [-0.25, -0.2) is 4.79 Å². The molecule has 1 saturated heterocycles. The maximum atomic E-state index is 12.5. The van der Waals surface area contributed by atoms with Gasteiger partial charge in [-0.05, 0) is 36.8 Å². The van der Waals surface area contributed by atoms with E-state index in [0.717, 1.165) is 36.8 Å². The Kier molecular flexibility index (Phi) is 6.54. The summed E-state index contributed by atoms with van der Waals surface area (Å²) in [5, 5.41) is 2.94. The fourth-order valence-electron chi connectivity index (χ4n) is 3.13. The van der Waals surface area contributed by atoms with Gasteiger partial charge in [0.2, 0.25) is 0 Å². The van der Waals surface area contributed by atoms with Crippen LogP contribution in [0.3, 0.4) is 0 Å². The first-order valence-corrected chi connectivity index (χ1v) is 9.32. The van der Waals surface area contributed by atoms with E-state index in [2.05, 4.69) is 22.3 Å². The van der Waals surface area contributed by atoms with E-state index in [-0.39, 0.29) is 6.03 Å². The minimum Gasteiger partial charge on any atom is -0.497 e. The van der Waals surface area contributed by atoms with E-state index in [1.165, 1.54) is 5.56 Å². The molecule has 0 aliphatic carbocycles. The molecule has 6 nitrogen and oxygen atoms in total. The van der Waals surface area contributed by atoms with Crippen LogP contribution in [-0.2, 0) is 6.54 Å².